The number of hydrogen-bond acceptors (Lipinski definition) is 6. The minimum Gasteiger partial charge on any atom is -0.310 e. The molecule has 1 N–H and O–H groups in total. The minimum absolute atomic E-state index is 0.227. The average molecular weight is 650 g/mol. The fourth-order valence-electron chi connectivity index (χ4n) is 5.25. The summed E-state index contributed by atoms with van der Waals surface area (Å²) in [5, 5.41) is -0.245. The highest BCUT2D eigenvalue weighted by atomic mass is 35.5. The molecule has 0 radical (unpaired) electrons. The number of halogens is 6. The van der Waals surface area contributed by atoms with Crippen LogP contribution in [0, 0.1) is 11.6 Å². The molecule has 1 aromatic heterocycles. The molecule has 2 aliphatic heterocycles. The van der Waals surface area contributed by atoms with E-state index in [9.17, 15) is 35.2 Å². The zero-order chi connectivity index (χ0) is 31.4. The van der Waals surface area contributed by atoms with Crippen molar-refractivity contribution in [3.8, 4) is 11.1 Å². The zero-order valence-corrected chi connectivity index (χ0v) is 24.1. The monoisotopic (exact) mass is 649 g/mol. The number of benzene rings is 3. The fraction of sp³-hybridized carbons (Fsp3) is 0.207. The first kappa shape index (κ1) is 29.8. The van der Waals surface area contributed by atoms with Crippen molar-refractivity contribution < 1.29 is 35.2 Å². The summed E-state index contributed by atoms with van der Waals surface area (Å²) in [6, 6.07) is 8.77. The molecule has 0 aliphatic carbocycles. The van der Waals surface area contributed by atoms with E-state index < -0.39 is 39.1 Å². The number of carbonyl (C=O) groups is 1. The maximum Gasteiger partial charge on any atom is 0.416 e. The number of carbonyl (C=O) groups excluding carboxylic acids is 1. The lowest BCUT2D eigenvalue weighted by atomic mass is 10.1. The number of amides is 1. The Labute approximate surface area is 253 Å². The number of rotatable bonds is 6. The van der Waals surface area contributed by atoms with Gasteiger partial charge in [-0.15, -0.1) is 0 Å². The van der Waals surface area contributed by atoms with Crippen molar-refractivity contribution in [3.05, 3.63) is 88.7 Å². The van der Waals surface area contributed by atoms with Gasteiger partial charge < -0.3 is 9.80 Å². The molecule has 0 atom stereocenters. The topological polar surface area (TPSA) is 95.5 Å². The van der Waals surface area contributed by atoms with E-state index in [2.05, 4.69) is 9.97 Å². The molecular weight excluding hydrogens is 629 g/mol. The summed E-state index contributed by atoms with van der Waals surface area (Å²) in [6.07, 6.45) is -0.412. The van der Waals surface area contributed by atoms with Gasteiger partial charge in [0.05, 0.1) is 21.8 Å². The molecule has 6 rings (SSSR count). The molecule has 1 saturated heterocycles. The van der Waals surface area contributed by atoms with Crippen LogP contribution in [-0.2, 0) is 27.4 Å². The predicted molar refractivity (Wildman–Crippen MR) is 153 cm³/mol. The first-order chi connectivity index (χ1) is 20.8. The Kier molecular flexibility index (Phi) is 7.44. The van der Waals surface area contributed by atoms with Crippen molar-refractivity contribution >= 4 is 50.5 Å². The molecule has 0 saturated carbocycles. The third-order valence-electron chi connectivity index (χ3n) is 7.36. The second-order valence-corrected chi connectivity index (χ2v) is 12.3. The highest BCUT2D eigenvalue weighted by Crippen LogP contribution is 2.44. The Morgan fingerprint density at radius 2 is 1.52 bits per heavy atom. The van der Waals surface area contributed by atoms with E-state index in [1.807, 2.05) is 4.72 Å². The van der Waals surface area contributed by atoms with Crippen molar-refractivity contribution in [2.75, 3.05) is 27.6 Å². The van der Waals surface area contributed by atoms with E-state index >= 15 is 0 Å². The number of anilines is 4. The molecule has 8 nitrogen and oxygen atoms in total. The fourth-order valence-corrected chi connectivity index (χ4v) is 6.59. The van der Waals surface area contributed by atoms with Crippen molar-refractivity contribution in [3.63, 3.8) is 0 Å². The molecule has 2 aliphatic rings. The lowest BCUT2D eigenvalue weighted by molar-refractivity contribution is -0.137. The lowest BCUT2D eigenvalue weighted by Gasteiger charge is -2.26. The highest BCUT2D eigenvalue weighted by molar-refractivity contribution is 7.92. The number of sulfonamides is 1. The van der Waals surface area contributed by atoms with Crippen molar-refractivity contribution in [2.45, 2.75) is 30.3 Å². The summed E-state index contributed by atoms with van der Waals surface area (Å²) < 4.78 is 96.4. The van der Waals surface area contributed by atoms with Gasteiger partial charge in [-0.05, 0) is 60.4 Å². The largest absolute Gasteiger partial charge is 0.416 e. The third kappa shape index (κ3) is 5.54. The van der Waals surface area contributed by atoms with E-state index in [0.29, 0.717) is 48.3 Å². The molecule has 15 heteroatoms. The van der Waals surface area contributed by atoms with Gasteiger partial charge in [-0.1, -0.05) is 23.7 Å². The zero-order valence-electron chi connectivity index (χ0n) is 22.5. The number of alkyl halides is 3. The molecule has 4 aromatic rings. The summed E-state index contributed by atoms with van der Waals surface area (Å²) in [6.45, 7) is 0.644. The molecular formula is C29H21ClF5N5O3S. The minimum atomic E-state index is -4.52. The molecule has 3 aromatic carbocycles. The van der Waals surface area contributed by atoms with Crippen LogP contribution < -0.4 is 14.5 Å². The van der Waals surface area contributed by atoms with Gasteiger partial charge in [-0.25, -0.2) is 27.2 Å². The molecule has 3 heterocycles. The highest BCUT2D eigenvalue weighted by Gasteiger charge is 2.34. The van der Waals surface area contributed by atoms with Crippen LogP contribution in [0.15, 0.2) is 65.8 Å². The van der Waals surface area contributed by atoms with E-state index in [0.717, 1.165) is 24.3 Å². The second-order valence-electron chi connectivity index (χ2n) is 10.2. The van der Waals surface area contributed by atoms with Crippen LogP contribution >= 0.6 is 11.6 Å². The Morgan fingerprint density at radius 3 is 2.11 bits per heavy atom. The van der Waals surface area contributed by atoms with Crippen LogP contribution in [0.3, 0.4) is 0 Å². The number of aromatic nitrogens is 2. The van der Waals surface area contributed by atoms with Gasteiger partial charge in [-0.3, -0.25) is 9.52 Å². The van der Waals surface area contributed by atoms with Crippen LogP contribution in [-0.4, -0.2) is 37.4 Å². The number of hydrogen-bond donors (Lipinski definition) is 1. The molecule has 1 fully saturated rings. The number of nitrogens with one attached hydrogen (secondary N) is 1. The standard InChI is InChI=1S/C29H21ClF5N5O3S/c30-20-11-22(31)26(23(32)12-20)38-44(42,43)21-10-17-7-9-40(27(17)24(13-21)39-8-1-2-25(39)41)28-36-14-18(15-37-28)16-3-5-19(6-4-16)29(33,34)35/h3-6,10-15,38H,1-2,7-9H2. The summed E-state index contributed by atoms with van der Waals surface area (Å²) in [5.74, 6) is -2.39. The second kappa shape index (κ2) is 11.0. The predicted octanol–water partition coefficient (Wildman–Crippen LogP) is 6.72. The van der Waals surface area contributed by atoms with Crippen LogP contribution in [0.5, 0.6) is 0 Å². The summed E-state index contributed by atoms with van der Waals surface area (Å²) in [4.78, 5) is 24.5. The summed E-state index contributed by atoms with van der Waals surface area (Å²) in [5.41, 5.74) is 0.598. The smallest absolute Gasteiger partial charge is 0.310 e. The van der Waals surface area contributed by atoms with E-state index in [-0.39, 0.29) is 33.9 Å². The Balaban J connectivity index is 1.36. The van der Waals surface area contributed by atoms with Crippen LogP contribution in [0.25, 0.3) is 11.1 Å². The first-order valence-corrected chi connectivity index (χ1v) is 15.1. The van der Waals surface area contributed by atoms with Crippen molar-refractivity contribution in [1.29, 1.82) is 0 Å². The Bertz CT molecular complexity index is 1860. The van der Waals surface area contributed by atoms with Gasteiger partial charge in [0.1, 0.15) is 5.69 Å². The van der Waals surface area contributed by atoms with Gasteiger partial charge in [0, 0.05) is 42.5 Å². The van der Waals surface area contributed by atoms with Gasteiger partial charge in [0.15, 0.2) is 11.6 Å². The summed E-state index contributed by atoms with van der Waals surface area (Å²) in [7, 11) is -4.52. The van der Waals surface area contributed by atoms with Gasteiger partial charge >= 0.3 is 6.18 Å². The quantitative estimate of drug-likeness (QED) is 0.233. The number of fused-ring (bicyclic) bond motifs is 1. The van der Waals surface area contributed by atoms with Gasteiger partial charge in [0.25, 0.3) is 10.0 Å². The maximum absolute atomic E-state index is 14.4. The van der Waals surface area contributed by atoms with Gasteiger partial charge in [-0.2, -0.15) is 13.2 Å². The molecule has 44 heavy (non-hydrogen) atoms. The molecule has 0 bridgehead atoms. The van der Waals surface area contributed by atoms with Crippen molar-refractivity contribution in [2.24, 2.45) is 0 Å². The Morgan fingerprint density at radius 1 is 0.864 bits per heavy atom. The number of nitrogens with zero attached hydrogens (tertiary/aromatic N) is 4. The SMILES string of the molecule is O=C1CCCN1c1cc(S(=O)(=O)Nc2c(F)cc(Cl)cc2F)cc2c1N(c1ncc(-c3ccc(C(F)(F)F)cc3)cn1)CC2. The first-order valence-electron chi connectivity index (χ1n) is 13.2. The normalized spacial score (nSPS) is 15.2. The third-order valence-corrected chi connectivity index (χ3v) is 8.91. The molecule has 1 amide bonds. The van der Waals surface area contributed by atoms with Crippen molar-refractivity contribution in [1.82, 2.24) is 9.97 Å². The van der Waals surface area contributed by atoms with Crippen LogP contribution in [0.4, 0.5) is 45.0 Å². The van der Waals surface area contributed by atoms with Crippen LogP contribution in [0.2, 0.25) is 5.02 Å². The van der Waals surface area contributed by atoms with E-state index in [4.69, 9.17) is 11.6 Å². The van der Waals surface area contributed by atoms with E-state index in [1.165, 1.54) is 41.6 Å². The van der Waals surface area contributed by atoms with E-state index in [1.54, 1.807) is 4.90 Å². The molecule has 0 unspecified atom stereocenters. The Hall–Kier alpha value is -4.30. The molecule has 228 valence electrons. The van der Waals surface area contributed by atoms with Gasteiger partial charge in [0.2, 0.25) is 11.9 Å². The van der Waals surface area contributed by atoms with Crippen LogP contribution in [0.1, 0.15) is 24.0 Å². The maximum atomic E-state index is 14.4. The lowest BCUT2D eigenvalue weighted by Crippen LogP contribution is -2.27. The summed E-state index contributed by atoms with van der Waals surface area (Å²) >= 11 is 5.66. The molecule has 0 spiro atoms. The average Bonchev–Trinajstić information content (AvgIpc) is 3.60.